The van der Waals surface area contributed by atoms with E-state index in [2.05, 4.69) is 33.0 Å². The van der Waals surface area contributed by atoms with E-state index in [9.17, 15) is 14.4 Å². The minimum atomic E-state index is -1.48. The summed E-state index contributed by atoms with van der Waals surface area (Å²) >= 11 is 6.25. The van der Waals surface area contributed by atoms with Crippen molar-refractivity contribution in [1.82, 2.24) is 4.90 Å². The Balaban J connectivity index is 1.73. The molecule has 3 aromatic rings. The molecule has 0 saturated carbocycles. The number of rotatable bonds is 6. The molecule has 5 rings (SSSR count). The van der Waals surface area contributed by atoms with E-state index < -0.39 is 23.4 Å². The fourth-order valence-electron chi connectivity index (χ4n) is 7.21. The molecular formula is C34H37ClN2O3. The zero-order valence-electron chi connectivity index (χ0n) is 23.8. The Morgan fingerprint density at radius 2 is 1.60 bits per heavy atom. The summed E-state index contributed by atoms with van der Waals surface area (Å²) < 4.78 is 0. The molecule has 0 bridgehead atoms. The number of carbonyl (C=O) groups excluding carboxylic acids is 3. The first-order valence-corrected chi connectivity index (χ1v) is 14.4. The van der Waals surface area contributed by atoms with Crippen molar-refractivity contribution in [2.24, 2.45) is 17.3 Å². The Kier molecular flexibility index (Phi) is 7.39. The number of carbonyl (C=O) groups is 3. The van der Waals surface area contributed by atoms with Crippen molar-refractivity contribution in [1.29, 1.82) is 0 Å². The molecule has 2 aliphatic rings. The van der Waals surface area contributed by atoms with Crippen LogP contribution in [0, 0.1) is 17.3 Å². The van der Waals surface area contributed by atoms with E-state index in [1.807, 2.05) is 61.5 Å². The lowest BCUT2D eigenvalue weighted by atomic mass is 9.69. The second-order valence-corrected chi connectivity index (χ2v) is 13.1. The number of halogens is 1. The van der Waals surface area contributed by atoms with Crippen LogP contribution in [-0.4, -0.2) is 28.5 Å². The molecule has 1 fully saturated rings. The third-order valence-electron chi connectivity index (χ3n) is 8.40. The van der Waals surface area contributed by atoms with Crippen molar-refractivity contribution in [2.75, 3.05) is 5.32 Å². The fourth-order valence-corrected chi connectivity index (χ4v) is 7.34. The molecule has 1 saturated heterocycles. The molecule has 208 valence electrons. The van der Waals surface area contributed by atoms with Gasteiger partial charge in [-0.2, -0.15) is 0 Å². The number of hydrogen-bond acceptors (Lipinski definition) is 3. The minimum Gasteiger partial charge on any atom is -0.323 e. The van der Waals surface area contributed by atoms with Crippen molar-refractivity contribution in [2.45, 2.75) is 65.0 Å². The zero-order valence-corrected chi connectivity index (χ0v) is 24.5. The second-order valence-electron chi connectivity index (χ2n) is 12.6. The van der Waals surface area contributed by atoms with Crippen LogP contribution < -0.4 is 5.32 Å². The predicted octanol–water partition coefficient (Wildman–Crippen LogP) is 7.46. The molecule has 2 heterocycles. The molecule has 0 aliphatic carbocycles. The molecule has 5 unspecified atom stereocenters. The van der Waals surface area contributed by atoms with Gasteiger partial charge >= 0.3 is 0 Å². The van der Waals surface area contributed by atoms with Gasteiger partial charge in [0.15, 0.2) is 11.3 Å². The first-order valence-electron chi connectivity index (χ1n) is 14.0. The molecule has 2 amide bonds. The largest absolute Gasteiger partial charge is 0.323 e. The first kappa shape index (κ1) is 28.1. The summed E-state index contributed by atoms with van der Waals surface area (Å²) in [6.07, 6.45) is 1.15. The fraction of sp³-hybridized carbons (Fsp3) is 0.382. The van der Waals surface area contributed by atoms with E-state index in [0.717, 1.165) is 12.0 Å². The van der Waals surface area contributed by atoms with Gasteiger partial charge in [0.25, 0.3) is 5.91 Å². The van der Waals surface area contributed by atoms with Crippen molar-refractivity contribution in [3.05, 3.63) is 101 Å². The average molecular weight is 557 g/mol. The van der Waals surface area contributed by atoms with Gasteiger partial charge in [-0.15, -0.1) is 0 Å². The lowest BCUT2D eigenvalue weighted by molar-refractivity contribution is -0.146. The lowest BCUT2D eigenvalue weighted by Crippen LogP contribution is -2.56. The van der Waals surface area contributed by atoms with Crippen molar-refractivity contribution in [3.8, 4) is 0 Å². The molecule has 1 N–H and O–H groups in total. The number of nitrogens with zero attached hydrogens (tertiary/aromatic N) is 1. The number of benzene rings is 3. The quantitative estimate of drug-likeness (QED) is 0.320. The zero-order chi connectivity index (χ0) is 28.8. The van der Waals surface area contributed by atoms with E-state index in [-0.39, 0.29) is 28.9 Å². The van der Waals surface area contributed by atoms with Crippen LogP contribution in [-0.2, 0) is 15.1 Å². The normalized spacial score (nSPS) is 24.6. The SMILES string of the molecule is CC(CC(=O)N1C(C)C(c2ccc(Cl)cc2)C(C(=O)c2ccccc2)C12C(=O)Nc1ccccc12)CC(C)(C)C. The molecular weight excluding hydrogens is 520 g/mol. The summed E-state index contributed by atoms with van der Waals surface area (Å²) in [4.78, 5) is 45.1. The number of anilines is 1. The number of likely N-dealkylation sites (tertiary alicyclic amines) is 1. The highest BCUT2D eigenvalue weighted by Crippen LogP contribution is 2.59. The number of hydrogen-bond donors (Lipinski definition) is 1. The molecule has 3 aromatic carbocycles. The van der Waals surface area contributed by atoms with Gasteiger partial charge < -0.3 is 10.2 Å². The van der Waals surface area contributed by atoms with Gasteiger partial charge in [0.2, 0.25) is 5.91 Å². The topological polar surface area (TPSA) is 66.5 Å². The first-order chi connectivity index (χ1) is 18.9. The third kappa shape index (κ3) is 4.75. The Labute approximate surface area is 241 Å². The summed E-state index contributed by atoms with van der Waals surface area (Å²) in [6, 6.07) is 23.6. The highest BCUT2D eigenvalue weighted by atomic mass is 35.5. The Morgan fingerprint density at radius 3 is 2.25 bits per heavy atom. The summed E-state index contributed by atoms with van der Waals surface area (Å²) in [5.41, 5.74) is 1.29. The van der Waals surface area contributed by atoms with Crippen LogP contribution in [0.1, 0.15) is 74.9 Å². The molecule has 0 radical (unpaired) electrons. The number of Topliss-reactive ketones (excluding diaryl/α,β-unsaturated/α-hetero) is 1. The van der Waals surface area contributed by atoms with Crippen LogP contribution in [0.25, 0.3) is 0 Å². The number of nitrogens with one attached hydrogen (secondary N) is 1. The predicted molar refractivity (Wildman–Crippen MR) is 159 cm³/mol. The second kappa shape index (κ2) is 10.5. The van der Waals surface area contributed by atoms with E-state index in [1.54, 1.807) is 29.2 Å². The number of para-hydroxylation sites is 1. The maximum absolute atomic E-state index is 14.6. The maximum Gasteiger partial charge on any atom is 0.255 e. The Morgan fingerprint density at radius 1 is 0.975 bits per heavy atom. The van der Waals surface area contributed by atoms with Crippen LogP contribution in [0.15, 0.2) is 78.9 Å². The number of fused-ring (bicyclic) bond motifs is 2. The van der Waals surface area contributed by atoms with Crippen molar-refractivity contribution in [3.63, 3.8) is 0 Å². The van der Waals surface area contributed by atoms with Gasteiger partial charge in [0, 0.05) is 40.2 Å². The average Bonchev–Trinajstić information content (AvgIpc) is 3.34. The highest BCUT2D eigenvalue weighted by Gasteiger charge is 2.69. The van der Waals surface area contributed by atoms with Gasteiger partial charge in [0.05, 0.1) is 5.92 Å². The lowest BCUT2D eigenvalue weighted by Gasteiger charge is -2.39. The van der Waals surface area contributed by atoms with Crippen molar-refractivity contribution < 1.29 is 14.4 Å². The highest BCUT2D eigenvalue weighted by molar-refractivity contribution is 6.30. The monoisotopic (exact) mass is 556 g/mol. The standard InChI is InChI=1S/C34H37ClN2O3/c1-21(20-33(3,4)5)19-28(38)37-22(2)29(23-15-17-25(35)18-16-23)30(31(39)24-11-7-6-8-12-24)34(37)26-13-9-10-14-27(26)36-32(34)40/h6-18,21-22,29-30H,19-20H2,1-5H3,(H,36,40). The van der Waals surface area contributed by atoms with Gasteiger partial charge in [-0.05, 0) is 48.4 Å². The van der Waals surface area contributed by atoms with Crippen LogP contribution in [0.4, 0.5) is 5.69 Å². The number of ketones is 1. The van der Waals surface area contributed by atoms with Crippen LogP contribution in [0.3, 0.4) is 0 Å². The summed E-state index contributed by atoms with van der Waals surface area (Å²) in [5.74, 6) is -1.76. The molecule has 5 atom stereocenters. The molecule has 2 aliphatic heterocycles. The Hall–Kier alpha value is -3.44. The molecule has 40 heavy (non-hydrogen) atoms. The van der Waals surface area contributed by atoms with Crippen LogP contribution in [0.2, 0.25) is 5.02 Å². The van der Waals surface area contributed by atoms with Gasteiger partial charge in [-0.1, -0.05) is 100.0 Å². The molecule has 6 heteroatoms. The van der Waals surface area contributed by atoms with E-state index in [4.69, 9.17) is 11.6 Å². The minimum absolute atomic E-state index is 0.0585. The molecule has 1 spiro atoms. The molecule has 5 nitrogen and oxygen atoms in total. The Bertz CT molecular complexity index is 1430. The summed E-state index contributed by atoms with van der Waals surface area (Å²) in [5, 5.41) is 3.62. The molecule has 0 aromatic heterocycles. The summed E-state index contributed by atoms with van der Waals surface area (Å²) in [7, 11) is 0. The van der Waals surface area contributed by atoms with Crippen LogP contribution >= 0.6 is 11.6 Å². The van der Waals surface area contributed by atoms with E-state index in [1.165, 1.54) is 0 Å². The maximum atomic E-state index is 14.6. The number of amides is 2. The third-order valence-corrected chi connectivity index (χ3v) is 8.65. The van der Waals surface area contributed by atoms with E-state index in [0.29, 0.717) is 28.3 Å². The van der Waals surface area contributed by atoms with Crippen molar-refractivity contribution >= 4 is 34.9 Å². The van der Waals surface area contributed by atoms with E-state index >= 15 is 0 Å². The van der Waals surface area contributed by atoms with Gasteiger partial charge in [0.1, 0.15) is 0 Å². The summed E-state index contributed by atoms with van der Waals surface area (Å²) in [6.45, 7) is 10.6. The smallest absolute Gasteiger partial charge is 0.255 e. The van der Waals surface area contributed by atoms with Crippen LogP contribution in [0.5, 0.6) is 0 Å². The van der Waals surface area contributed by atoms with Gasteiger partial charge in [-0.25, -0.2) is 0 Å². The van der Waals surface area contributed by atoms with Gasteiger partial charge in [-0.3, -0.25) is 14.4 Å².